The highest BCUT2D eigenvalue weighted by molar-refractivity contribution is 6.15. The molecule has 2 atom stereocenters. The van der Waals surface area contributed by atoms with Gasteiger partial charge in [0, 0.05) is 12.2 Å². The van der Waals surface area contributed by atoms with E-state index in [1.807, 2.05) is 6.92 Å². The summed E-state index contributed by atoms with van der Waals surface area (Å²) < 4.78 is 5.42. The van der Waals surface area contributed by atoms with Crippen LogP contribution in [0, 0.1) is 5.41 Å². The van der Waals surface area contributed by atoms with Crippen LogP contribution < -0.4 is 11.1 Å². The summed E-state index contributed by atoms with van der Waals surface area (Å²) in [6, 6.07) is 0. The van der Waals surface area contributed by atoms with Crippen molar-refractivity contribution < 1.29 is 19.1 Å². The van der Waals surface area contributed by atoms with Crippen molar-refractivity contribution in [2.75, 3.05) is 0 Å². The lowest BCUT2D eigenvalue weighted by atomic mass is 10.1. The molecule has 1 heterocycles. The van der Waals surface area contributed by atoms with E-state index in [4.69, 9.17) is 15.9 Å². The van der Waals surface area contributed by atoms with Crippen molar-refractivity contribution in [2.24, 2.45) is 5.73 Å². The molecule has 0 aromatic carbocycles. The number of amides is 2. The van der Waals surface area contributed by atoms with Crippen LogP contribution in [0.3, 0.4) is 0 Å². The lowest BCUT2D eigenvalue weighted by Crippen LogP contribution is -2.57. The van der Waals surface area contributed by atoms with Crippen molar-refractivity contribution in [3.8, 4) is 0 Å². The molecule has 24 heavy (non-hydrogen) atoms. The molecule has 8 heteroatoms. The van der Waals surface area contributed by atoms with Gasteiger partial charge in [-0.25, -0.2) is 9.69 Å². The first kappa shape index (κ1) is 19.7. The van der Waals surface area contributed by atoms with Crippen molar-refractivity contribution in [1.29, 1.82) is 5.41 Å². The molecular weight excluding hydrogens is 312 g/mol. The van der Waals surface area contributed by atoms with E-state index >= 15 is 0 Å². The molecule has 0 spiro atoms. The first-order chi connectivity index (χ1) is 11.4. The lowest BCUT2D eigenvalue weighted by molar-refractivity contribution is -0.162. The van der Waals surface area contributed by atoms with Crippen molar-refractivity contribution in [2.45, 2.75) is 64.6 Å². The number of hydrogen-bond acceptors (Lipinski definition) is 5. The SMILES string of the molecule is CCCCCCC(CC)OC(=O)C(NC(=N)N)N1C(=O)C=CC1=O. The molecule has 1 aliphatic heterocycles. The summed E-state index contributed by atoms with van der Waals surface area (Å²) in [4.78, 5) is 36.6. The standard InChI is InChI=1S/C16H26N4O4/c1-3-5-6-7-8-11(4-2)24-15(23)14(19-16(17)18)20-12(21)9-10-13(20)22/h9-11,14H,3-8H2,1-2H3,(H4,17,18,19). The number of nitrogens with one attached hydrogen (secondary N) is 2. The van der Waals surface area contributed by atoms with Gasteiger partial charge < -0.3 is 15.8 Å². The smallest absolute Gasteiger partial charge is 0.350 e. The lowest BCUT2D eigenvalue weighted by Gasteiger charge is -2.27. The monoisotopic (exact) mass is 338 g/mol. The van der Waals surface area contributed by atoms with E-state index in [2.05, 4.69) is 12.2 Å². The Hall–Kier alpha value is -2.38. The Balaban J connectivity index is 2.71. The van der Waals surface area contributed by atoms with Crippen LogP contribution in [-0.4, -0.2) is 40.9 Å². The van der Waals surface area contributed by atoms with Gasteiger partial charge in [0.15, 0.2) is 5.96 Å². The van der Waals surface area contributed by atoms with Crippen LogP contribution in [0.15, 0.2) is 12.2 Å². The first-order valence-corrected chi connectivity index (χ1v) is 8.27. The molecule has 0 aliphatic carbocycles. The highest BCUT2D eigenvalue weighted by Gasteiger charge is 2.38. The molecule has 2 amide bonds. The van der Waals surface area contributed by atoms with Gasteiger partial charge >= 0.3 is 5.97 Å². The van der Waals surface area contributed by atoms with Gasteiger partial charge in [-0.3, -0.25) is 15.0 Å². The van der Waals surface area contributed by atoms with Crippen LogP contribution in [0.4, 0.5) is 0 Å². The molecule has 2 unspecified atom stereocenters. The third-order valence-corrected chi connectivity index (χ3v) is 3.73. The number of nitrogens with two attached hydrogens (primary N) is 1. The van der Waals surface area contributed by atoms with Gasteiger partial charge in [0.25, 0.3) is 11.8 Å². The van der Waals surface area contributed by atoms with Crippen molar-refractivity contribution >= 4 is 23.7 Å². The molecule has 0 fully saturated rings. The van der Waals surface area contributed by atoms with E-state index < -0.39 is 29.9 Å². The molecule has 4 N–H and O–H groups in total. The number of rotatable bonds is 10. The molecule has 0 aromatic heterocycles. The van der Waals surface area contributed by atoms with Crippen LogP contribution in [0.25, 0.3) is 0 Å². The molecule has 1 aliphatic rings. The third kappa shape index (κ3) is 5.68. The average Bonchev–Trinajstić information content (AvgIpc) is 2.86. The summed E-state index contributed by atoms with van der Waals surface area (Å²) in [7, 11) is 0. The fourth-order valence-corrected chi connectivity index (χ4v) is 2.42. The van der Waals surface area contributed by atoms with Gasteiger partial charge in [-0.1, -0.05) is 33.1 Å². The number of guanidine groups is 1. The Morgan fingerprint density at radius 2 is 1.88 bits per heavy atom. The molecule has 1 rings (SSSR count). The van der Waals surface area contributed by atoms with Crippen molar-refractivity contribution in [3.63, 3.8) is 0 Å². The Morgan fingerprint density at radius 1 is 1.25 bits per heavy atom. The van der Waals surface area contributed by atoms with Crippen LogP contribution >= 0.6 is 0 Å². The maximum Gasteiger partial charge on any atom is 0.350 e. The number of ether oxygens (including phenoxy) is 1. The van der Waals surface area contributed by atoms with Gasteiger partial charge in [0.05, 0.1) is 0 Å². The minimum absolute atomic E-state index is 0.300. The highest BCUT2D eigenvalue weighted by atomic mass is 16.5. The predicted octanol–water partition coefficient (Wildman–Crippen LogP) is 1.01. The number of hydrogen-bond donors (Lipinski definition) is 3. The molecule has 0 bridgehead atoms. The van der Waals surface area contributed by atoms with Gasteiger partial charge in [-0.2, -0.15) is 0 Å². The normalized spacial score (nSPS) is 16.2. The maximum atomic E-state index is 12.4. The van der Waals surface area contributed by atoms with E-state index in [-0.39, 0.29) is 6.10 Å². The number of unbranched alkanes of at least 4 members (excludes halogenated alkanes) is 3. The summed E-state index contributed by atoms with van der Waals surface area (Å²) in [5, 5.41) is 9.61. The minimum Gasteiger partial charge on any atom is -0.459 e. The number of carbonyl (C=O) groups excluding carboxylic acids is 3. The number of imide groups is 1. The van der Waals surface area contributed by atoms with Crippen molar-refractivity contribution in [3.05, 3.63) is 12.2 Å². The van der Waals surface area contributed by atoms with E-state index in [0.717, 1.165) is 44.3 Å². The summed E-state index contributed by atoms with van der Waals surface area (Å²) >= 11 is 0. The molecule has 134 valence electrons. The van der Waals surface area contributed by atoms with Gasteiger partial charge in [-0.05, 0) is 19.3 Å². The quantitative estimate of drug-likeness (QED) is 0.179. The van der Waals surface area contributed by atoms with Crippen LogP contribution in [0.5, 0.6) is 0 Å². The Labute approximate surface area is 141 Å². The summed E-state index contributed by atoms with van der Waals surface area (Å²) in [6.07, 6.45) is 5.99. The molecule has 0 aromatic rings. The molecule has 0 saturated carbocycles. The van der Waals surface area contributed by atoms with Crippen LogP contribution in [0.2, 0.25) is 0 Å². The topological polar surface area (TPSA) is 126 Å². The molecule has 0 radical (unpaired) electrons. The van der Waals surface area contributed by atoms with E-state index in [0.29, 0.717) is 11.3 Å². The zero-order valence-corrected chi connectivity index (χ0v) is 14.2. The van der Waals surface area contributed by atoms with Gasteiger partial charge in [0.1, 0.15) is 6.10 Å². The largest absolute Gasteiger partial charge is 0.459 e. The highest BCUT2D eigenvalue weighted by Crippen LogP contribution is 2.14. The fourth-order valence-electron chi connectivity index (χ4n) is 2.42. The summed E-state index contributed by atoms with van der Waals surface area (Å²) in [5.41, 5.74) is 5.26. The predicted molar refractivity (Wildman–Crippen MR) is 88.8 cm³/mol. The molecule has 0 saturated heterocycles. The average molecular weight is 338 g/mol. The fraction of sp³-hybridized carbons (Fsp3) is 0.625. The minimum atomic E-state index is -1.43. The zero-order chi connectivity index (χ0) is 18.1. The zero-order valence-electron chi connectivity index (χ0n) is 14.2. The number of nitrogens with zero attached hydrogens (tertiary/aromatic N) is 1. The number of esters is 1. The van der Waals surface area contributed by atoms with Gasteiger partial charge in [-0.15, -0.1) is 0 Å². The first-order valence-electron chi connectivity index (χ1n) is 8.27. The van der Waals surface area contributed by atoms with E-state index in [1.165, 1.54) is 0 Å². The Kier molecular flexibility index (Phi) is 7.94. The van der Waals surface area contributed by atoms with E-state index in [1.54, 1.807) is 0 Å². The summed E-state index contributed by atoms with van der Waals surface area (Å²) in [5.74, 6) is -2.61. The molecular formula is C16H26N4O4. The van der Waals surface area contributed by atoms with Crippen LogP contribution in [-0.2, 0) is 19.1 Å². The second kappa shape index (κ2) is 9.69. The maximum absolute atomic E-state index is 12.4. The van der Waals surface area contributed by atoms with E-state index in [9.17, 15) is 14.4 Å². The van der Waals surface area contributed by atoms with Crippen molar-refractivity contribution in [1.82, 2.24) is 10.2 Å². The number of carbonyl (C=O) groups is 3. The van der Waals surface area contributed by atoms with Gasteiger partial charge in [0.2, 0.25) is 6.17 Å². The molecule has 8 nitrogen and oxygen atoms in total. The second-order valence-corrected chi connectivity index (χ2v) is 5.66. The Morgan fingerprint density at radius 3 is 2.38 bits per heavy atom. The second-order valence-electron chi connectivity index (χ2n) is 5.66. The summed E-state index contributed by atoms with van der Waals surface area (Å²) in [6.45, 7) is 4.02. The van der Waals surface area contributed by atoms with Crippen LogP contribution in [0.1, 0.15) is 52.4 Å². The Bertz CT molecular complexity index is 500. The third-order valence-electron chi connectivity index (χ3n) is 3.73.